The van der Waals surface area contributed by atoms with Crippen molar-refractivity contribution in [2.75, 3.05) is 19.7 Å². The molecule has 4 heteroatoms. The van der Waals surface area contributed by atoms with E-state index in [1.165, 1.54) is 12.1 Å². The smallest absolute Gasteiger partial charge is 0.126 e. The molecule has 1 aliphatic heterocycles. The number of halogens is 2. The average Bonchev–Trinajstić information content (AvgIpc) is 2.38. The van der Waals surface area contributed by atoms with Crippen LogP contribution in [0.2, 0.25) is 0 Å². The van der Waals surface area contributed by atoms with Gasteiger partial charge in [0.2, 0.25) is 0 Å². The molecule has 2 rings (SSSR count). The first-order valence-corrected chi connectivity index (χ1v) is 6.99. The molecule has 0 amide bonds. The van der Waals surface area contributed by atoms with E-state index in [1.807, 2.05) is 0 Å². The zero-order valence-electron chi connectivity index (χ0n) is 11.3. The first kappa shape index (κ1) is 14.4. The molecule has 0 bridgehead atoms. The van der Waals surface area contributed by atoms with Gasteiger partial charge in [0.05, 0.1) is 6.10 Å². The van der Waals surface area contributed by atoms with Gasteiger partial charge in [0, 0.05) is 25.1 Å². The lowest BCUT2D eigenvalue weighted by atomic mass is 9.89. The van der Waals surface area contributed by atoms with E-state index in [9.17, 15) is 8.78 Å². The monoisotopic (exact) mass is 269 g/mol. The number of nitrogens with one attached hydrogen (secondary N) is 1. The molecule has 1 aliphatic rings. The van der Waals surface area contributed by atoms with Gasteiger partial charge in [0.1, 0.15) is 11.6 Å². The van der Waals surface area contributed by atoms with E-state index in [0.29, 0.717) is 12.2 Å². The molecule has 2 atom stereocenters. The van der Waals surface area contributed by atoms with Gasteiger partial charge in [0.15, 0.2) is 0 Å². The first-order valence-electron chi connectivity index (χ1n) is 6.99. The van der Waals surface area contributed by atoms with Crippen LogP contribution in [0.15, 0.2) is 18.2 Å². The summed E-state index contributed by atoms with van der Waals surface area (Å²) in [7, 11) is 0. The first-order chi connectivity index (χ1) is 9.20. The summed E-state index contributed by atoms with van der Waals surface area (Å²) in [5, 5.41) is 3.37. The highest BCUT2D eigenvalue weighted by atomic mass is 19.1. The van der Waals surface area contributed by atoms with Crippen LogP contribution in [0.25, 0.3) is 0 Å². The Labute approximate surface area is 113 Å². The van der Waals surface area contributed by atoms with Gasteiger partial charge in [-0.25, -0.2) is 8.78 Å². The van der Waals surface area contributed by atoms with Crippen LogP contribution in [-0.4, -0.2) is 19.7 Å². The van der Waals surface area contributed by atoms with Crippen LogP contribution in [0.3, 0.4) is 0 Å². The van der Waals surface area contributed by atoms with Crippen molar-refractivity contribution >= 4 is 0 Å². The van der Waals surface area contributed by atoms with Crippen molar-refractivity contribution in [1.82, 2.24) is 5.32 Å². The molecule has 0 spiro atoms. The Morgan fingerprint density at radius 3 is 2.68 bits per heavy atom. The highest BCUT2D eigenvalue weighted by Crippen LogP contribution is 2.33. The zero-order valence-corrected chi connectivity index (χ0v) is 11.3. The lowest BCUT2D eigenvalue weighted by Gasteiger charge is -2.32. The fourth-order valence-corrected chi connectivity index (χ4v) is 2.62. The number of benzene rings is 1. The SMILES string of the molecule is CCCNCC1CCCOC1c1cc(F)cc(F)c1. The predicted octanol–water partition coefficient (Wildman–Crippen LogP) is 3.43. The normalized spacial score (nSPS) is 23.5. The van der Waals surface area contributed by atoms with Gasteiger partial charge in [-0.2, -0.15) is 0 Å². The Morgan fingerprint density at radius 1 is 1.26 bits per heavy atom. The molecule has 1 heterocycles. The maximum Gasteiger partial charge on any atom is 0.126 e. The summed E-state index contributed by atoms with van der Waals surface area (Å²) < 4.78 is 32.4. The minimum Gasteiger partial charge on any atom is -0.373 e. The Balaban J connectivity index is 2.09. The molecule has 2 nitrogen and oxygen atoms in total. The highest BCUT2D eigenvalue weighted by Gasteiger charge is 2.27. The molecule has 19 heavy (non-hydrogen) atoms. The van der Waals surface area contributed by atoms with E-state index < -0.39 is 11.6 Å². The van der Waals surface area contributed by atoms with Crippen molar-refractivity contribution in [1.29, 1.82) is 0 Å². The molecular formula is C15H21F2NO. The van der Waals surface area contributed by atoms with E-state index in [1.54, 1.807) is 0 Å². The van der Waals surface area contributed by atoms with E-state index in [2.05, 4.69) is 12.2 Å². The van der Waals surface area contributed by atoms with Gasteiger partial charge in [-0.1, -0.05) is 6.92 Å². The second kappa shape index (κ2) is 6.96. The number of hydrogen-bond donors (Lipinski definition) is 1. The topological polar surface area (TPSA) is 21.3 Å². The maximum absolute atomic E-state index is 13.3. The minimum atomic E-state index is -0.538. The lowest BCUT2D eigenvalue weighted by Crippen LogP contribution is -2.32. The van der Waals surface area contributed by atoms with Crippen LogP contribution in [0.1, 0.15) is 37.9 Å². The maximum atomic E-state index is 13.3. The summed E-state index contributed by atoms with van der Waals surface area (Å²) in [6.07, 6.45) is 2.90. The fraction of sp³-hybridized carbons (Fsp3) is 0.600. The zero-order chi connectivity index (χ0) is 13.7. The minimum absolute atomic E-state index is 0.205. The molecule has 0 aromatic heterocycles. The van der Waals surface area contributed by atoms with Crippen molar-refractivity contribution in [3.05, 3.63) is 35.4 Å². The second-order valence-corrected chi connectivity index (χ2v) is 5.10. The van der Waals surface area contributed by atoms with Gasteiger partial charge in [-0.3, -0.25) is 0 Å². The quantitative estimate of drug-likeness (QED) is 0.827. The summed E-state index contributed by atoms with van der Waals surface area (Å²) in [6.45, 7) is 4.56. The van der Waals surface area contributed by atoms with Gasteiger partial charge < -0.3 is 10.1 Å². The number of ether oxygens (including phenoxy) is 1. The second-order valence-electron chi connectivity index (χ2n) is 5.10. The van der Waals surface area contributed by atoms with Gasteiger partial charge in [-0.15, -0.1) is 0 Å². The van der Waals surface area contributed by atoms with E-state index in [-0.39, 0.29) is 12.0 Å². The van der Waals surface area contributed by atoms with Crippen molar-refractivity contribution in [2.45, 2.75) is 32.3 Å². The third-order valence-corrected chi connectivity index (χ3v) is 3.49. The van der Waals surface area contributed by atoms with E-state index >= 15 is 0 Å². The molecule has 1 N–H and O–H groups in total. The summed E-state index contributed by atoms with van der Waals surface area (Å²) in [5.74, 6) is -0.796. The van der Waals surface area contributed by atoms with Crippen molar-refractivity contribution in [2.24, 2.45) is 5.92 Å². The van der Waals surface area contributed by atoms with Gasteiger partial charge >= 0.3 is 0 Å². The van der Waals surface area contributed by atoms with Crippen molar-refractivity contribution < 1.29 is 13.5 Å². The van der Waals surface area contributed by atoms with Crippen LogP contribution >= 0.6 is 0 Å². The molecular weight excluding hydrogens is 248 g/mol. The summed E-state index contributed by atoms with van der Waals surface area (Å²) in [5.41, 5.74) is 0.612. The van der Waals surface area contributed by atoms with Crippen LogP contribution in [-0.2, 0) is 4.74 Å². The molecule has 0 saturated carbocycles. The molecule has 1 aromatic rings. The molecule has 1 fully saturated rings. The summed E-state index contributed by atoms with van der Waals surface area (Å²) >= 11 is 0. The molecule has 0 aliphatic carbocycles. The Hall–Kier alpha value is -1.00. The molecule has 1 saturated heterocycles. The van der Waals surface area contributed by atoms with E-state index in [0.717, 1.165) is 38.4 Å². The molecule has 2 unspecified atom stereocenters. The average molecular weight is 269 g/mol. The third-order valence-electron chi connectivity index (χ3n) is 3.49. The Morgan fingerprint density at radius 2 is 2.00 bits per heavy atom. The number of rotatable bonds is 5. The number of hydrogen-bond acceptors (Lipinski definition) is 2. The standard InChI is InChI=1S/C15H21F2NO/c1-2-5-18-10-11-4-3-6-19-15(11)12-7-13(16)9-14(17)8-12/h7-9,11,15,18H,2-6,10H2,1H3. The third kappa shape index (κ3) is 3.98. The highest BCUT2D eigenvalue weighted by molar-refractivity contribution is 5.21. The van der Waals surface area contributed by atoms with Gasteiger partial charge in [0.25, 0.3) is 0 Å². The van der Waals surface area contributed by atoms with Crippen LogP contribution in [0, 0.1) is 17.6 Å². The molecule has 0 radical (unpaired) electrons. The predicted molar refractivity (Wildman–Crippen MR) is 70.9 cm³/mol. The Bertz CT molecular complexity index is 391. The summed E-state index contributed by atoms with van der Waals surface area (Å²) in [6, 6.07) is 3.66. The van der Waals surface area contributed by atoms with Crippen LogP contribution in [0.5, 0.6) is 0 Å². The van der Waals surface area contributed by atoms with Crippen LogP contribution in [0.4, 0.5) is 8.78 Å². The van der Waals surface area contributed by atoms with Crippen LogP contribution < -0.4 is 5.32 Å². The fourth-order valence-electron chi connectivity index (χ4n) is 2.62. The van der Waals surface area contributed by atoms with Crippen molar-refractivity contribution in [3.8, 4) is 0 Å². The lowest BCUT2D eigenvalue weighted by molar-refractivity contribution is -0.0280. The molecule has 106 valence electrons. The largest absolute Gasteiger partial charge is 0.373 e. The van der Waals surface area contributed by atoms with Gasteiger partial charge in [-0.05, 0) is 43.5 Å². The van der Waals surface area contributed by atoms with E-state index in [4.69, 9.17) is 4.74 Å². The summed E-state index contributed by atoms with van der Waals surface area (Å²) in [4.78, 5) is 0. The Kier molecular flexibility index (Phi) is 5.28. The molecule has 1 aromatic carbocycles. The van der Waals surface area contributed by atoms with Crippen molar-refractivity contribution in [3.63, 3.8) is 0 Å².